The number of nitrogens with one attached hydrogen (secondary N) is 2. The standard InChI is InChI=1S/C17H16BrF2N3O3S/c1-21-16(25)15(9-3-4-10(19)11(20)7-9)22-14(24)8-23(2)17(26)12-5-6-13(18)27-12/h3-7,15H,8H2,1-2H3,(H,21,25)(H,22,24). The molecule has 1 aromatic heterocycles. The van der Waals surface area contributed by atoms with Gasteiger partial charge in [0.15, 0.2) is 11.6 Å². The van der Waals surface area contributed by atoms with Crippen molar-refractivity contribution in [2.45, 2.75) is 6.04 Å². The molecule has 27 heavy (non-hydrogen) atoms. The van der Waals surface area contributed by atoms with E-state index >= 15 is 0 Å². The number of likely N-dealkylation sites (N-methyl/N-ethyl adjacent to an activating group) is 2. The molecule has 0 aliphatic rings. The summed E-state index contributed by atoms with van der Waals surface area (Å²) >= 11 is 4.49. The van der Waals surface area contributed by atoms with Crippen LogP contribution < -0.4 is 10.6 Å². The number of hydrogen-bond donors (Lipinski definition) is 2. The Kier molecular flexibility index (Phi) is 7.03. The number of thiophene rings is 1. The molecule has 0 bridgehead atoms. The summed E-state index contributed by atoms with van der Waals surface area (Å²) in [5.74, 6) is -3.78. The monoisotopic (exact) mass is 459 g/mol. The van der Waals surface area contributed by atoms with Crippen molar-refractivity contribution in [1.29, 1.82) is 0 Å². The topological polar surface area (TPSA) is 78.5 Å². The van der Waals surface area contributed by atoms with E-state index in [-0.39, 0.29) is 18.0 Å². The molecule has 1 heterocycles. The van der Waals surface area contributed by atoms with E-state index in [1.165, 1.54) is 36.4 Å². The van der Waals surface area contributed by atoms with Gasteiger partial charge >= 0.3 is 0 Å². The first kappa shape index (κ1) is 21.0. The van der Waals surface area contributed by atoms with Gasteiger partial charge in [0.2, 0.25) is 11.8 Å². The van der Waals surface area contributed by atoms with Crippen LogP contribution in [-0.4, -0.2) is 43.3 Å². The average Bonchev–Trinajstić information content (AvgIpc) is 3.07. The van der Waals surface area contributed by atoms with Crippen LogP contribution in [0.5, 0.6) is 0 Å². The Morgan fingerprint density at radius 2 is 1.89 bits per heavy atom. The highest BCUT2D eigenvalue weighted by Gasteiger charge is 2.24. The second-order valence-electron chi connectivity index (χ2n) is 5.55. The molecule has 0 fully saturated rings. The maximum Gasteiger partial charge on any atom is 0.264 e. The molecule has 0 saturated heterocycles. The van der Waals surface area contributed by atoms with E-state index in [0.717, 1.165) is 15.9 Å². The molecule has 10 heteroatoms. The smallest absolute Gasteiger partial charge is 0.264 e. The molecule has 1 aromatic carbocycles. The number of carbonyl (C=O) groups excluding carboxylic acids is 3. The summed E-state index contributed by atoms with van der Waals surface area (Å²) in [5, 5.41) is 4.79. The van der Waals surface area contributed by atoms with Gasteiger partial charge in [-0.3, -0.25) is 14.4 Å². The van der Waals surface area contributed by atoms with E-state index in [4.69, 9.17) is 0 Å². The van der Waals surface area contributed by atoms with Gasteiger partial charge in [-0.25, -0.2) is 8.78 Å². The molecular formula is C17H16BrF2N3O3S. The number of benzene rings is 1. The van der Waals surface area contributed by atoms with Gasteiger partial charge in [0.1, 0.15) is 6.04 Å². The highest BCUT2D eigenvalue weighted by molar-refractivity contribution is 9.11. The van der Waals surface area contributed by atoms with Crippen molar-refractivity contribution in [1.82, 2.24) is 15.5 Å². The minimum atomic E-state index is -1.23. The summed E-state index contributed by atoms with van der Waals surface area (Å²) < 4.78 is 27.4. The van der Waals surface area contributed by atoms with Gasteiger partial charge in [-0.1, -0.05) is 6.07 Å². The van der Waals surface area contributed by atoms with Gasteiger partial charge in [-0.15, -0.1) is 11.3 Å². The van der Waals surface area contributed by atoms with Crippen LogP contribution in [0.2, 0.25) is 0 Å². The fraction of sp³-hybridized carbons (Fsp3) is 0.235. The minimum absolute atomic E-state index is 0.0813. The fourth-order valence-electron chi connectivity index (χ4n) is 2.25. The van der Waals surface area contributed by atoms with E-state index < -0.39 is 29.5 Å². The lowest BCUT2D eigenvalue weighted by molar-refractivity contribution is -0.129. The summed E-state index contributed by atoms with van der Waals surface area (Å²) in [6, 6.07) is 5.04. The van der Waals surface area contributed by atoms with Crippen molar-refractivity contribution in [3.05, 3.63) is 56.2 Å². The number of amides is 3. The molecule has 6 nitrogen and oxygen atoms in total. The molecule has 2 N–H and O–H groups in total. The fourth-order valence-corrected chi connectivity index (χ4v) is 3.63. The Balaban J connectivity index is 2.10. The summed E-state index contributed by atoms with van der Waals surface area (Å²) in [6.07, 6.45) is 0. The number of halogens is 3. The van der Waals surface area contributed by atoms with E-state index in [1.54, 1.807) is 12.1 Å². The normalized spacial score (nSPS) is 11.6. The minimum Gasteiger partial charge on any atom is -0.357 e. The van der Waals surface area contributed by atoms with E-state index in [0.29, 0.717) is 4.88 Å². The van der Waals surface area contributed by atoms with Crippen LogP contribution in [0.3, 0.4) is 0 Å². The second kappa shape index (κ2) is 9.05. The molecule has 1 atom stereocenters. The molecule has 1 unspecified atom stereocenters. The molecule has 0 spiro atoms. The number of rotatable bonds is 6. The first-order chi connectivity index (χ1) is 12.7. The summed E-state index contributed by atoms with van der Waals surface area (Å²) in [7, 11) is 2.80. The van der Waals surface area contributed by atoms with Crippen LogP contribution in [0.25, 0.3) is 0 Å². The van der Waals surface area contributed by atoms with Crippen molar-refractivity contribution in [2.75, 3.05) is 20.6 Å². The Bertz CT molecular complexity index is 875. The van der Waals surface area contributed by atoms with Gasteiger partial charge in [-0.2, -0.15) is 0 Å². The molecule has 0 aliphatic heterocycles. The Morgan fingerprint density at radius 1 is 1.19 bits per heavy atom. The zero-order valence-corrected chi connectivity index (χ0v) is 16.8. The number of nitrogens with zero attached hydrogens (tertiary/aromatic N) is 1. The molecule has 0 saturated carbocycles. The van der Waals surface area contributed by atoms with Crippen molar-refractivity contribution in [2.24, 2.45) is 0 Å². The van der Waals surface area contributed by atoms with Crippen molar-refractivity contribution < 1.29 is 23.2 Å². The maximum atomic E-state index is 13.5. The Morgan fingerprint density at radius 3 is 2.44 bits per heavy atom. The largest absolute Gasteiger partial charge is 0.357 e. The Hall–Kier alpha value is -2.33. The third-order valence-corrected chi connectivity index (χ3v) is 5.21. The molecular weight excluding hydrogens is 444 g/mol. The quantitative estimate of drug-likeness (QED) is 0.696. The molecule has 144 valence electrons. The van der Waals surface area contributed by atoms with Crippen molar-refractivity contribution in [3.8, 4) is 0 Å². The lowest BCUT2D eigenvalue weighted by Crippen LogP contribution is -2.44. The van der Waals surface area contributed by atoms with E-state index in [2.05, 4.69) is 26.6 Å². The van der Waals surface area contributed by atoms with Crippen molar-refractivity contribution in [3.63, 3.8) is 0 Å². The highest BCUT2D eigenvalue weighted by atomic mass is 79.9. The van der Waals surface area contributed by atoms with Gasteiger partial charge in [-0.05, 0) is 45.8 Å². The van der Waals surface area contributed by atoms with Gasteiger partial charge < -0.3 is 15.5 Å². The zero-order valence-electron chi connectivity index (χ0n) is 14.4. The maximum absolute atomic E-state index is 13.5. The van der Waals surface area contributed by atoms with Crippen LogP contribution in [0, 0.1) is 11.6 Å². The molecule has 0 radical (unpaired) electrons. The predicted molar refractivity (Wildman–Crippen MR) is 100 cm³/mol. The summed E-state index contributed by atoms with van der Waals surface area (Å²) in [5.41, 5.74) is 0.0813. The third-order valence-electron chi connectivity index (χ3n) is 3.60. The van der Waals surface area contributed by atoms with Crippen LogP contribution >= 0.6 is 27.3 Å². The average molecular weight is 460 g/mol. The highest BCUT2D eigenvalue weighted by Crippen LogP contribution is 2.23. The SMILES string of the molecule is CNC(=O)C(NC(=O)CN(C)C(=O)c1ccc(Br)s1)c1ccc(F)c(F)c1. The van der Waals surface area contributed by atoms with Gasteiger partial charge in [0.05, 0.1) is 15.2 Å². The second-order valence-corrected chi connectivity index (χ2v) is 8.02. The van der Waals surface area contributed by atoms with Gasteiger partial charge in [0.25, 0.3) is 5.91 Å². The molecule has 3 amide bonds. The lowest BCUT2D eigenvalue weighted by atomic mass is 10.1. The van der Waals surface area contributed by atoms with Crippen LogP contribution in [0.1, 0.15) is 21.3 Å². The van der Waals surface area contributed by atoms with Crippen LogP contribution in [-0.2, 0) is 9.59 Å². The number of hydrogen-bond acceptors (Lipinski definition) is 4. The van der Waals surface area contributed by atoms with Crippen LogP contribution in [0.15, 0.2) is 34.1 Å². The Labute approximate surface area is 166 Å². The first-order valence-corrected chi connectivity index (χ1v) is 9.30. The van der Waals surface area contributed by atoms with E-state index in [1.807, 2.05) is 0 Å². The molecule has 0 aliphatic carbocycles. The van der Waals surface area contributed by atoms with Crippen LogP contribution in [0.4, 0.5) is 8.78 Å². The van der Waals surface area contributed by atoms with Gasteiger partial charge in [0, 0.05) is 14.1 Å². The first-order valence-electron chi connectivity index (χ1n) is 7.69. The summed E-state index contributed by atoms with van der Waals surface area (Å²) in [6.45, 7) is -0.314. The summed E-state index contributed by atoms with van der Waals surface area (Å²) in [4.78, 5) is 38.3. The molecule has 2 aromatic rings. The zero-order chi connectivity index (χ0) is 20.1. The lowest BCUT2D eigenvalue weighted by Gasteiger charge is -2.21. The number of carbonyl (C=O) groups is 3. The third kappa shape index (κ3) is 5.33. The van der Waals surface area contributed by atoms with Crippen molar-refractivity contribution >= 4 is 45.0 Å². The van der Waals surface area contributed by atoms with E-state index in [9.17, 15) is 23.2 Å². The molecule has 2 rings (SSSR count). The predicted octanol–water partition coefficient (Wildman–Crippen LogP) is 2.46.